The Balaban J connectivity index is 2.07. The Morgan fingerprint density at radius 3 is 2.37 bits per heavy atom. The number of hydrogen-bond donors (Lipinski definition) is 1. The monoisotopic (exact) mass is 632 g/mol. The van der Waals surface area contributed by atoms with Crippen LogP contribution in [0.1, 0.15) is 61.2 Å². The van der Waals surface area contributed by atoms with Gasteiger partial charge in [-0.1, -0.05) is 20.3 Å². The molecule has 0 aliphatic heterocycles. The highest BCUT2D eigenvalue weighted by atomic mass is 127. The van der Waals surface area contributed by atoms with Gasteiger partial charge in [0, 0.05) is 37.0 Å². The lowest BCUT2D eigenvalue weighted by Gasteiger charge is -2.07. The van der Waals surface area contributed by atoms with Gasteiger partial charge in [0.15, 0.2) is 17.3 Å². The highest BCUT2D eigenvalue weighted by molar-refractivity contribution is 14.1. The normalized spacial score (nSPS) is 11.1. The minimum atomic E-state index is -0.406. The molecule has 7 heteroatoms. The van der Waals surface area contributed by atoms with Gasteiger partial charge in [-0.2, -0.15) is 0 Å². The quantitative estimate of drug-likeness (QED) is 0.131. The van der Waals surface area contributed by atoms with Gasteiger partial charge in [0.05, 0.1) is 5.56 Å². The van der Waals surface area contributed by atoms with Crippen molar-refractivity contribution >= 4 is 67.9 Å². The summed E-state index contributed by atoms with van der Waals surface area (Å²) in [6, 6.07) is 8.60. The molecular weight excluding hydrogens is 610 g/mol. The number of furan rings is 1. The van der Waals surface area contributed by atoms with E-state index in [-0.39, 0.29) is 23.7 Å². The summed E-state index contributed by atoms with van der Waals surface area (Å²) >= 11 is 4.37. The Bertz CT molecular complexity index is 1080. The van der Waals surface area contributed by atoms with E-state index in [4.69, 9.17) is 9.15 Å². The summed E-state index contributed by atoms with van der Waals surface area (Å²) in [5.41, 5.74) is 1.43. The van der Waals surface area contributed by atoms with E-state index in [1.165, 1.54) is 12.1 Å². The lowest BCUT2D eigenvalue weighted by atomic mass is 9.98. The number of unbranched alkanes of at least 4 members (excludes halogenated alkanes) is 1. The highest BCUT2D eigenvalue weighted by Gasteiger charge is 2.24. The van der Waals surface area contributed by atoms with Gasteiger partial charge in [0.25, 0.3) is 0 Å². The van der Waals surface area contributed by atoms with Crippen molar-refractivity contribution in [3.05, 3.63) is 54.4 Å². The minimum absolute atomic E-state index is 0.0446. The maximum atomic E-state index is 13.4. The van der Waals surface area contributed by atoms with Crippen LogP contribution >= 0.6 is 45.2 Å². The zero-order chi connectivity index (χ0) is 21.8. The summed E-state index contributed by atoms with van der Waals surface area (Å²) in [5.74, 6) is -0.136. The molecule has 3 aromatic rings. The number of benzene rings is 2. The first-order chi connectivity index (χ1) is 14.3. The molecule has 1 heterocycles. The number of carbonyl (C=O) groups is 2. The smallest absolute Gasteiger partial charge is 0.311 e. The lowest BCUT2D eigenvalue weighted by Crippen LogP contribution is -2.07. The third kappa shape index (κ3) is 5.16. The predicted molar refractivity (Wildman–Crippen MR) is 132 cm³/mol. The molecule has 0 bridgehead atoms. The zero-order valence-electron chi connectivity index (χ0n) is 16.8. The molecule has 1 N–H and O–H groups in total. The molecule has 0 saturated heterocycles. The van der Waals surface area contributed by atoms with Gasteiger partial charge in [-0.3, -0.25) is 9.59 Å². The first kappa shape index (κ1) is 23.1. The number of phenolic OH excluding ortho intramolecular Hbond substituents is 1. The summed E-state index contributed by atoms with van der Waals surface area (Å²) in [7, 11) is 0. The van der Waals surface area contributed by atoms with E-state index in [0.29, 0.717) is 34.3 Å². The number of aromatic hydroxyl groups is 1. The molecule has 0 spiro atoms. The van der Waals surface area contributed by atoms with Crippen LogP contribution in [0.3, 0.4) is 0 Å². The van der Waals surface area contributed by atoms with Crippen LogP contribution < -0.4 is 4.74 Å². The Morgan fingerprint density at radius 2 is 1.73 bits per heavy atom. The number of halogens is 2. The second-order valence-corrected chi connectivity index (χ2v) is 9.52. The van der Waals surface area contributed by atoms with Crippen LogP contribution in [0.2, 0.25) is 0 Å². The predicted octanol–water partition coefficient (Wildman–Crippen LogP) is 6.63. The topological polar surface area (TPSA) is 76.7 Å². The van der Waals surface area contributed by atoms with Crippen molar-refractivity contribution in [1.82, 2.24) is 0 Å². The van der Waals surface area contributed by atoms with Crippen molar-refractivity contribution < 1.29 is 23.8 Å². The van der Waals surface area contributed by atoms with Gasteiger partial charge in [0.2, 0.25) is 0 Å². The maximum absolute atomic E-state index is 13.4. The SMILES string of the molecule is CCCCC(=O)Oc1cc2oc(CCC)c(C(=O)c3cc(I)cc(I)c3)c2cc1O. The molecule has 30 heavy (non-hydrogen) atoms. The van der Waals surface area contributed by atoms with Crippen molar-refractivity contribution in [3.63, 3.8) is 0 Å². The summed E-state index contributed by atoms with van der Waals surface area (Å²) in [6.45, 7) is 4.00. The van der Waals surface area contributed by atoms with Gasteiger partial charge in [-0.25, -0.2) is 0 Å². The second-order valence-electron chi connectivity index (χ2n) is 7.03. The summed E-state index contributed by atoms with van der Waals surface area (Å²) < 4.78 is 13.2. The summed E-state index contributed by atoms with van der Waals surface area (Å²) in [6.07, 6.45) is 3.26. The Labute approximate surface area is 202 Å². The van der Waals surface area contributed by atoms with Crippen molar-refractivity contribution in [2.45, 2.75) is 46.0 Å². The molecule has 1 aromatic heterocycles. The zero-order valence-corrected chi connectivity index (χ0v) is 21.1. The molecule has 0 aliphatic carbocycles. The third-order valence-corrected chi connectivity index (χ3v) is 5.88. The van der Waals surface area contributed by atoms with E-state index in [9.17, 15) is 14.7 Å². The molecule has 0 amide bonds. The van der Waals surface area contributed by atoms with E-state index < -0.39 is 5.97 Å². The van der Waals surface area contributed by atoms with E-state index in [0.717, 1.165) is 26.4 Å². The molecule has 0 radical (unpaired) electrons. The van der Waals surface area contributed by atoms with Gasteiger partial charge < -0.3 is 14.3 Å². The Morgan fingerprint density at radius 1 is 1.03 bits per heavy atom. The van der Waals surface area contributed by atoms with Crippen LogP contribution in [0, 0.1) is 7.14 Å². The molecule has 0 aliphatic rings. The first-order valence-corrected chi connectivity index (χ1v) is 12.0. The Kier molecular flexibility index (Phi) is 7.78. The van der Waals surface area contributed by atoms with Gasteiger partial charge in [-0.05, 0) is 82.3 Å². The fraction of sp³-hybridized carbons (Fsp3) is 0.304. The largest absolute Gasteiger partial charge is 0.504 e. The molecule has 0 fully saturated rings. The molecule has 0 unspecified atom stereocenters. The van der Waals surface area contributed by atoms with E-state index in [2.05, 4.69) is 45.2 Å². The van der Waals surface area contributed by atoms with Crippen molar-refractivity contribution in [2.24, 2.45) is 0 Å². The van der Waals surface area contributed by atoms with E-state index in [1.807, 2.05) is 32.0 Å². The molecular formula is C23H22I2O5. The van der Waals surface area contributed by atoms with Crippen molar-refractivity contribution in [2.75, 3.05) is 0 Å². The Hall–Kier alpha value is -1.62. The average molecular weight is 632 g/mol. The van der Waals surface area contributed by atoms with Crippen LogP contribution in [-0.2, 0) is 11.2 Å². The summed E-state index contributed by atoms with van der Waals surface area (Å²) in [5, 5.41) is 11.0. The molecule has 158 valence electrons. The van der Waals surface area contributed by atoms with E-state index in [1.54, 1.807) is 0 Å². The van der Waals surface area contributed by atoms with E-state index >= 15 is 0 Å². The number of aryl methyl sites for hydroxylation is 1. The number of phenols is 1. The number of hydrogen-bond acceptors (Lipinski definition) is 5. The number of carbonyl (C=O) groups excluding carboxylic acids is 2. The fourth-order valence-electron chi connectivity index (χ4n) is 3.22. The minimum Gasteiger partial charge on any atom is -0.504 e. The van der Waals surface area contributed by atoms with Crippen molar-refractivity contribution in [3.8, 4) is 11.5 Å². The van der Waals surface area contributed by atoms with Crippen LogP contribution in [-0.4, -0.2) is 16.9 Å². The maximum Gasteiger partial charge on any atom is 0.311 e. The van der Waals surface area contributed by atoms with Gasteiger partial charge in [-0.15, -0.1) is 0 Å². The van der Waals surface area contributed by atoms with Crippen LogP contribution in [0.15, 0.2) is 34.7 Å². The molecule has 5 nitrogen and oxygen atoms in total. The summed E-state index contributed by atoms with van der Waals surface area (Å²) in [4.78, 5) is 25.4. The number of rotatable bonds is 8. The molecule has 0 atom stereocenters. The van der Waals surface area contributed by atoms with Gasteiger partial charge >= 0.3 is 5.97 Å². The van der Waals surface area contributed by atoms with Crippen LogP contribution in [0.4, 0.5) is 0 Å². The van der Waals surface area contributed by atoms with Crippen molar-refractivity contribution in [1.29, 1.82) is 0 Å². The fourth-order valence-corrected chi connectivity index (χ4v) is 5.16. The molecule has 2 aromatic carbocycles. The second kappa shape index (κ2) is 10.1. The number of esters is 1. The first-order valence-electron chi connectivity index (χ1n) is 9.83. The average Bonchev–Trinajstić information content (AvgIpc) is 3.02. The highest BCUT2D eigenvalue weighted by Crippen LogP contribution is 2.37. The number of fused-ring (bicyclic) bond motifs is 1. The number of ether oxygens (including phenoxy) is 1. The van der Waals surface area contributed by atoms with Crippen LogP contribution in [0.5, 0.6) is 11.5 Å². The van der Waals surface area contributed by atoms with Crippen LogP contribution in [0.25, 0.3) is 11.0 Å². The third-order valence-electron chi connectivity index (χ3n) is 4.63. The number of ketones is 1. The lowest BCUT2D eigenvalue weighted by molar-refractivity contribution is -0.134. The standard InChI is InChI=1S/C23H22I2O5/c1-3-5-7-21(27)30-20-12-19-16(11-17(20)26)22(18(29-19)6-4-2)23(28)13-8-14(24)10-15(25)9-13/h8-12,26H,3-7H2,1-2H3. The molecule has 0 saturated carbocycles. The molecule has 3 rings (SSSR count). The van der Waals surface area contributed by atoms with Gasteiger partial charge in [0.1, 0.15) is 11.3 Å².